The molecule has 1 N–H and O–H groups in total. The Kier molecular flexibility index (Phi) is 9.49. The fourth-order valence-corrected chi connectivity index (χ4v) is 13.2. The van der Waals surface area contributed by atoms with Crippen LogP contribution < -0.4 is 0 Å². The lowest BCUT2D eigenvalue weighted by Crippen LogP contribution is -2.82. The van der Waals surface area contributed by atoms with E-state index in [1.54, 1.807) is 25.1 Å². The Balaban J connectivity index is 1.36. The molecular formula is C41H50Cl2O11. The van der Waals surface area contributed by atoms with Crippen molar-refractivity contribution in [2.45, 2.75) is 109 Å². The third-order valence-corrected chi connectivity index (χ3v) is 15.6. The van der Waals surface area contributed by atoms with Crippen LogP contribution in [0.3, 0.4) is 0 Å². The number of carbonyl (C=O) groups is 4. The molecule has 2 aliphatic heterocycles. The number of rotatable bonds is 6. The van der Waals surface area contributed by atoms with Crippen molar-refractivity contribution in [2.24, 2.45) is 39.4 Å². The number of methoxy groups -OCH3 is 1. The van der Waals surface area contributed by atoms with Gasteiger partial charge in [-0.3, -0.25) is 9.59 Å². The number of hydrogen-bond donors (Lipinski definition) is 1. The summed E-state index contributed by atoms with van der Waals surface area (Å²) < 4.78 is 36.6. The number of hydrogen-bond acceptors (Lipinski definition) is 11. The van der Waals surface area contributed by atoms with E-state index in [2.05, 4.69) is 19.6 Å². The van der Waals surface area contributed by atoms with E-state index in [-0.39, 0.29) is 33.9 Å². The minimum absolute atomic E-state index is 0.0832. The number of allylic oxidation sites excluding steroid dienone is 1. The summed E-state index contributed by atoms with van der Waals surface area (Å²) in [6, 6.07) is 4.85. The Labute approximate surface area is 326 Å². The van der Waals surface area contributed by atoms with Gasteiger partial charge in [0, 0.05) is 31.1 Å². The molecule has 13 atom stereocenters. The maximum Gasteiger partial charge on any atom is 0.342 e. The molecule has 4 aliphatic carbocycles. The van der Waals surface area contributed by atoms with Gasteiger partial charge in [-0.1, -0.05) is 61.8 Å². The summed E-state index contributed by atoms with van der Waals surface area (Å²) in [6.07, 6.45) is 2.62. The quantitative estimate of drug-likeness (QED) is 0.147. The van der Waals surface area contributed by atoms with Gasteiger partial charge in [-0.05, 0) is 80.4 Å². The minimum atomic E-state index is -1.72. The zero-order valence-electron chi connectivity index (χ0n) is 31.9. The molecule has 54 heavy (non-hydrogen) atoms. The average Bonchev–Trinajstić information content (AvgIpc) is 3.90. The monoisotopic (exact) mass is 788 g/mol. The first-order chi connectivity index (χ1) is 25.3. The Morgan fingerprint density at radius 1 is 0.981 bits per heavy atom. The fourth-order valence-electron chi connectivity index (χ4n) is 12.6. The van der Waals surface area contributed by atoms with E-state index in [0.29, 0.717) is 44.5 Å². The molecule has 1 aromatic carbocycles. The summed E-state index contributed by atoms with van der Waals surface area (Å²) in [6.45, 7) is 15.3. The maximum atomic E-state index is 13.8. The highest BCUT2D eigenvalue weighted by Gasteiger charge is 2.90. The van der Waals surface area contributed by atoms with E-state index in [0.717, 1.165) is 0 Å². The van der Waals surface area contributed by atoms with E-state index < -0.39 is 87.1 Å². The Bertz CT molecular complexity index is 1810. The van der Waals surface area contributed by atoms with Crippen molar-refractivity contribution in [1.82, 2.24) is 0 Å². The first-order valence-electron chi connectivity index (χ1n) is 18.7. The van der Waals surface area contributed by atoms with Gasteiger partial charge in [0.25, 0.3) is 0 Å². The van der Waals surface area contributed by atoms with Gasteiger partial charge < -0.3 is 33.5 Å². The van der Waals surface area contributed by atoms with E-state index in [9.17, 15) is 24.3 Å². The Hall–Kier alpha value is -2.96. The molecule has 0 spiro atoms. The second kappa shape index (κ2) is 13.0. The minimum Gasteiger partial charge on any atom is -0.467 e. The molecule has 13 heteroatoms. The van der Waals surface area contributed by atoms with Gasteiger partial charge in [0.2, 0.25) is 5.60 Å². The van der Waals surface area contributed by atoms with Crippen molar-refractivity contribution < 1.29 is 52.7 Å². The highest BCUT2D eigenvalue weighted by atomic mass is 35.5. The van der Waals surface area contributed by atoms with Crippen molar-refractivity contribution in [3.63, 3.8) is 0 Å². The van der Waals surface area contributed by atoms with Gasteiger partial charge >= 0.3 is 23.9 Å². The molecule has 0 aromatic heterocycles. The fraction of sp³-hybridized carbons (Fsp3) is 0.659. The lowest BCUT2D eigenvalue weighted by atomic mass is 9.32. The van der Waals surface area contributed by atoms with Gasteiger partial charge in [0.05, 0.1) is 46.9 Å². The first kappa shape index (κ1) is 39.3. The molecule has 0 amide bonds. The lowest BCUT2D eigenvalue weighted by Gasteiger charge is -2.73. The van der Waals surface area contributed by atoms with Gasteiger partial charge in [0.15, 0.2) is 6.10 Å². The zero-order chi connectivity index (χ0) is 39.4. The Morgan fingerprint density at radius 2 is 1.61 bits per heavy atom. The highest BCUT2D eigenvalue weighted by Crippen LogP contribution is 2.78. The third kappa shape index (κ3) is 5.03. The number of carbonyl (C=O) groups excluding carboxylic acids is 4. The van der Waals surface area contributed by atoms with Crippen LogP contribution in [0.25, 0.3) is 0 Å². The third-order valence-electron chi connectivity index (χ3n) is 14.9. The van der Waals surface area contributed by atoms with Crippen molar-refractivity contribution in [3.8, 4) is 0 Å². The van der Waals surface area contributed by atoms with Crippen molar-refractivity contribution in [1.29, 1.82) is 0 Å². The number of epoxide rings is 1. The van der Waals surface area contributed by atoms with Gasteiger partial charge in [0.1, 0.15) is 18.3 Å². The standard InChI is InChI=1S/C41H50Cl2O11/c1-21-19-40(48)29-14-16-36(5)27(15-17-39(20-50-18-10-13-28(36)39)22(2)51-34(46)30-25(42)11-9-12-26(30)43)37(29,6)32(52-23(3)44)33(53-24(4)45)38(40,7)41(31(21)54-41)35(47)49-8/h9-13,22,27-29,31-33,48H,1,14-20H2,2-8H3/t22?,27?,28-,29?,31+,32+,33-,36+,37+,38+,39-,40+,41-/m0/s1. The average molecular weight is 790 g/mol. The molecule has 0 bridgehead atoms. The Morgan fingerprint density at radius 3 is 2.24 bits per heavy atom. The van der Waals surface area contributed by atoms with Crippen LogP contribution in [0.1, 0.15) is 84.0 Å². The number of ether oxygens (including phenoxy) is 6. The summed E-state index contributed by atoms with van der Waals surface area (Å²) in [5, 5.41) is 13.9. The highest BCUT2D eigenvalue weighted by molar-refractivity contribution is 6.39. The predicted octanol–water partition coefficient (Wildman–Crippen LogP) is 6.45. The van der Waals surface area contributed by atoms with Crippen LogP contribution in [0.4, 0.5) is 0 Å². The van der Waals surface area contributed by atoms with E-state index in [1.165, 1.54) is 21.0 Å². The number of esters is 4. The molecule has 11 nitrogen and oxygen atoms in total. The van der Waals surface area contributed by atoms with Gasteiger partial charge in [-0.2, -0.15) is 0 Å². The summed E-state index contributed by atoms with van der Waals surface area (Å²) in [5.74, 6) is -3.61. The number of fused-ring (bicyclic) bond motifs is 9. The topological polar surface area (TPSA) is 147 Å². The van der Waals surface area contributed by atoms with E-state index in [1.807, 2.05) is 19.9 Å². The lowest BCUT2D eigenvalue weighted by molar-refractivity contribution is -0.336. The first-order valence-corrected chi connectivity index (χ1v) is 19.5. The van der Waals surface area contributed by atoms with Crippen LogP contribution in [0.2, 0.25) is 10.0 Å². The second-order valence-corrected chi connectivity index (χ2v) is 17.9. The molecule has 1 aromatic rings. The smallest absolute Gasteiger partial charge is 0.342 e. The van der Waals surface area contributed by atoms with E-state index in [4.69, 9.17) is 51.6 Å². The van der Waals surface area contributed by atoms with Crippen LogP contribution in [-0.2, 0) is 42.8 Å². The number of aliphatic hydroxyl groups is 1. The van der Waals surface area contributed by atoms with Crippen LogP contribution in [-0.4, -0.2) is 84.9 Å². The molecule has 7 rings (SSSR count). The number of benzene rings is 1. The maximum absolute atomic E-state index is 13.8. The van der Waals surface area contributed by atoms with Crippen LogP contribution >= 0.6 is 23.2 Å². The van der Waals surface area contributed by atoms with Crippen molar-refractivity contribution >= 4 is 47.1 Å². The molecular weight excluding hydrogens is 739 g/mol. The normalized spacial score (nSPS) is 43.7. The largest absolute Gasteiger partial charge is 0.467 e. The summed E-state index contributed by atoms with van der Waals surface area (Å²) >= 11 is 12.8. The molecule has 2 heterocycles. The second-order valence-electron chi connectivity index (χ2n) is 17.1. The molecule has 5 fully saturated rings. The molecule has 1 saturated heterocycles. The molecule has 0 radical (unpaired) electrons. The molecule has 6 aliphatic rings. The molecule has 4 saturated carbocycles. The zero-order valence-corrected chi connectivity index (χ0v) is 33.4. The van der Waals surface area contributed by atoms with Crippen LogP contribution in [0.15, 0.2) is 42.5 Å². The van der Waals surface area contributed by atoms with Crippen molar-refractivity contribution in [2.75, 3.05) is 20.3 Å². The van der Waals surface area contributed by atoms with Gasteiger partial charge in [-0.15, -0.1) is 0 Å². The molecule has 294 valence electrons. The SMILES string of the molecule is C=C1C[C@@]2(O)C3CC[C@]4(C)C(CC[C@@]5(C(C)OC(=O)c6c(Cl)cccc6Cl)COCC=C[C@H]54)[C@@]3(C)[C@H](OC(C)=O)[C@H](OC(C)=O)[C@@]2(C)[C@]2(C(=O)OC)O[C@H]12. The summed E-state index contributed by atoms with van der Waals surface area (Å²) in [5.41, 5.74) is -6.61. The summed E-state index contributed by atoms with van der Waals surface area (Å²) in [4.78, 5) is 53.8. The predicted molar refractivity (Wildman–Crippen MR) is 196 cm³/mol. The van der Waals surface area contributed by atoms with Crippen molar-refractivity contribution in [3.05, 3.63) is 58.1 Å². The number of halogens is 2. The molecule has 3 unspecified atom stereocenters. The van der Waals surface area contributed by atoms with Gasteiger partial charge in [-0.25, -0.2) is 9.59 Å². The summed E-state index contributed by atoms with van der Waals surface area (Å²) in [7, 11) is 1.25. The van der Waals surface area contributed by atoms with Crippen LogP contribution in [0, 0.1) is 39.4 Å². The van der Waals surface area contributed by atoms with Crippen LogP contribution in [0.5, 0.6) is 0 Å². The van der Waals surface area contributed by atoms with E-state index >= 15 is 0 Å².